The van der Waals surface area contributed by atoms with Crippen LogP contribution in [0.15, 0.2) is 54.9 Å². The van der Waals surface area contributed by atoms with Crippen LogP contribution in [0.25, 0.3) is 33.3 Å². The van der Waals surface area contributed by atoms with Crippen LogP contribution in [0.3, 0.4) is 0 Å². The van der Waals surface area contributed by atoms with Crippen molar-refractivity contribution in [2.45, 2.75) is 110 Å². The number of hydrogen-bond donors (Lipinski definition) is 4. The number of aliphatic hydroxyl groups is 1. The summed E-state index contributed by atoms with van der Waals surface area (Å²) in [6, 6.07) is 10.0. The van der Waals surface area contributed by atoms with Gasteiger partial charge in [0.2, 0.25) is 5.91 Å². The summed E-state index contributed by atoms with van der Waals surface area (Å²) in [6.45, 7) is 12.9. The number of β-amino-alcohol motifs (C(OH)–C–C–N with tert-alkyl or cyclic N) is 1. The number of ether oxygens (including phenoxy) is 2. The van der Waals surface area contributed by atoms with Crippen molar-refractivity contribution >= 4 is 40.5 Å². The lowest BCUT2D eigenvalue weighted by Crippen LogP contribution is -2.63. The molecule has 3 aliphatic heterocycles. The summed E-state index contributed by atoms with van der Waals surface area (Å²) in [4.78, 5) is 79.4. The van der Waals surface area contributed by atoms with Crippen LogP contribution >= 0.6 is 0 Å². The van der Waals surface area contributed by atoms with Crippen molar-refractivity contribution in [1.82, 2.24) is 40.0 Å². The highest BCUT2D eigenvalue weighted by molar-refractivity contribution is 5.98. The van der Waals surface area contributed by atoms with Gasteiger partial charge < -0.3 is 39.4 Å². The van der Waals surface area contributed by atoms with Crippen LogP contribution in [0.2, 0.25) is 0 Å². The number of hydrogen-bond acceptors (Lipinski definition) is 12. The number of phenolic OH excluding ortho intramolecular Hbond substituents is 1. The number of likely N-dealkylation sites (tertiary alicyclic amines) is 1. The number of benzene rings is 2. The zero-order valence-electron chi connectivity index (χ0n) is 42.8. The van der Waals surface area contributed by atoms with Gasteiger partial charge in [0, 0.05) is 80.9 Å². The van der Waals surface area contributed by atoms with Crippen molar-refractivity contribution in [3.63, 3.8) is 0 Å². The van der Waals surface area contributed by atoms with E-state index in [4.69, 9.17) is 9.47 Å². The number of rotatable bonds is 10. The zero-order chi connectivity index (χ0) is 51.5. The summed E-state index contributed by atoms with van der Waals surface area (Å²) in [5.74, 6) is 1.88. The average Bonchev–Trinajstić information content (AvgIpc) is 3.89. The van der Waals surface area contributed by atoms with E-state index in [1.165, 1.54) is 21.9 Å². The van der Waals surface area contributed by atoms with Gasteiger partial charge in [-0.1, -0.05) is 45.7 Å². The van der Waals surface area contributed by atoms with Crippen molar-refractivity contribution in [2.24, 2.45) is 11.3 Å². The average molecular weight is 975 g/mol. The van der Waals surface area contributed by atoms with Gasteiger partial charge in [-0.2, -0.15) is 0 Å². The largest absolute Gasteiger partial charge is 0.508 e. The van der Waals surface area contributed by atoms with Gasteiger partial charge in [0.1, 0.15) is 23.9 Å². The molecule has 4 amide bonds. The Kier molecular flexibility index (Phi) is 16.0. The molecular formula is C54H70N8O9. The van der Waals surface area contributed by atoms with Crippen molar-refractivity contribution in [3.05, 3.63) is 71.5 Å². The summed E-state index contributed by atoms with van der Waals surface area (Å²) in [7, 11) is 6.76. The molecule has 5 atom stereocenters. The Morgan fingerprint density at radius 2 is 1.82 bits per heavy atom. The van der Waals surface area contributed by atoms with Crippen LogP contribution in [-0.2, 0) is 52.8 Å². The standard InChI is InChI=1S/C54H70N8O9/c1-11-61-45-17-16-36-28-40(45)41(48(61)42-30-55-20-18-39(42)34(4)70-10)29-53(5,6)32-71-51(67)43-14-12-22-62(57-43)50(66)44(26-35-24-37(36)27-38(63)25-35)56-49(65)47(33(2)3)59(9)52(68)54(69)19-23-60(31-54)46(64)15-13-21-58(7)8/h16-18,20,24-25,27-28,30,33-34,43-44,47,57,63,69H,11-12,14,19,21-23,26,29,31-32H2,1-10H3,(H,56,65)/t34-,43-,44-,47-,54?/m0/s1. The molecular weight excluding hydrogens is 905 g/mol. The van der Waals surface area contributed by atoms with Gasteiger partial charge in [-0.05, 0) is 117 Å². The maximum atomic E-state index is 14.8. The fraction of sp³-hybridized carbons (Fsp3) is 0.519. The van der Waals surface area contributed by atoms with E-state index in [-0.39, 0.29) is 50.9 Å². The molecule has 0 aliphatic carbocycles. The summed E-state index contributed by atoms with van der Waals surface area (Å²) < 4.78 is 14.2. The van der Waals surface area contributed by atoms with Gasteiger partial charge in [-0.15, -0.1) is 0 Å². The Morgan fingerprint density at radius 1 is 1.06 bits per heavy atom. The fourth-order valence-corrected chi connectivity index (χ4v) is 10.2. The zero-order valence-corrected chi connectivity index (χ0v) is 42.8. The van der Waals surface area contributed by atoms with E-state index in [9.17, 15) is 34.2 Å². The Bertz CT molecular complexity index is 2740. The van der Waals surface area contributed by atoms with E-state index in [2.05, 4.69) is 65.0 Å². The van der Waals surface area contributed by atoms with E-state index in [1.54, 1.807) is 39.3 Å². The van der Waals surface area contributed by atoms with E-state index in [0.717, 1.165) is 38.9 Å². The number of carbonyl (C=O) groups is 5. The van der Waals surface area contributed by atoms with Gasteiger partial charge in [0.25, 0.3) is 17.7 Å². The number of aryl methyl sites for hydroxylation is 1. The number of amides is 4. The second kappa shape index (κ2) is 21.6. The van der Waals surface area contributed by atoms with Crippen LogP contribution in [0.1, 0.15) is 83.6 Å². The van der Waals surface area contributed by atoms with E-state index >= 15 is 0 Å². The summed E-state index contributed by atoms with van der Waals surface area (Å²) in [5, 5.41) is 28.3. The number of nitrogens with one attached hydrogen (secondary N) is 2. The minimum Gasteiger partial charge on any atom is -0.508 e. The highest BCUT2D eigenvalue weighted by Gasteiger charge is 2.48. The third-order valence-electron chi connectivity index (χ3n) is 13.9. The second-order valence-electron chi connectivity index (χ2n) is 20.7. The maximum Gasteiger partial charge on any atom is 0.324 e. The lowest BCUT2D eigenvalue weighted by atomic mass is 9.84. The Labute approximate surface area is 416 Å². The molecule has 2 saturated heterocycles. The quantitative estimate of drug-likeness (QED) is 0.129. The third kappa shape index (κ3) is 11.4. The molecule has 17 heteroatoms. The number of phenols is 1. The first kappa shape index (κ1) is 52.5. The third-order valence-corrected chi connectivity index (χ3v) is 13.9. The van der Waals surface area contributed by atoms with Gasteiger partial charge in [0.05, 0.1) is 31.5 Å². The lowest BCUT2D eigenvalue weighted by molar-refractivity contribution is -0.156. The predicted molar refractivity (Wildman–Crippen MR) is 269 cm³/mol. The smallest absolute Gasteiger partial charge is 0.324 e. The molecule has 0 spiro atoms. The first-order valence-corrected chi connectivity index (χ1v) is 24.6. The van der Waals surface area contributed by atoms with Gasteiger partial charge >= 0.3 is 5.97 Å². The molecule has 1 unspecified atom stereocenters. The Hall–Kier alpha value is -6.32. The fourth-order valence-electron chi connectivity index (χ4n) is 10.2. The number of nitrogens with zero attached hydrogens (tertiary/aromatic N) is 6. The normalized spacial score (nSPS) is 21.3. The molecule has 0 radical (unpaired) electrons. The Morgan fingerprint density at radius 3 is 2.52 bits per heavy atom. The second-order valence-corrected chi connectivity index (χ2v) is 20.7. The van der Waals surface area contributed by atoms with E-state index < -0.39 is 64.7 Å². The number of methoxy groups -OCH3 is 1. The molecule has 4 N–H and O–H groups in total. The van der Waals surface area contributed by atoms with Gasteiger partial charge in [-0.25, -0.2) is 5.43 Å². The van der Waals surface area contributed by atoms with Crippen LogP contribution < -0.4 is 10.7 Å². The van der Waals surface area contributed by atoms with Crippen molar-refractivity contribution in [1.29, 1.82) is 0 Å². The lowest BCUT2D eigenvalue weighted by Gasteiger charge is -2.37. The minimum absolute atomic E-state index is 0.0448. The van der Waals surface area contributed by atoms with Crippen LogP contribution in [0.5, 0.6) is 5.75 Å². The summed E-state index contributed by atoms with van der Waals surface area (Å²) >= 11 is 0. The minimum atomic E-state index is -1.97. The van der Waals surface area contributed by atoms with Crippen LogP contribution in [0, 0.1) is 23.2 Å². The number of carbonyl (C=O) groups excluding carboxylic acids is 5. The first-order chi connectivity index (χ1) is 33.6. The van der Waals surface area contributed by atoms with Gasteiger partial charge in [0.15, 0.2) is 5.60 Å². The molecule has 17 nitrogen and oxygen atoms in total. The molecule has 380 valence electrons. The highest BCUT2D eigenvalue weighted by Crippen LogP contribution is 2.42. The van der Waals surface area contributed by atoms with Crippen molar-refractivity contribution in [3.8, 4) is 40.0 Å². The molecule has 6 bridgehead atoms. The maximum absolute atomic E-state index is 14.8. The molecule has 2 fully saturated rings. The number of esters is 1. The summed E-state index contributed by atoms with van der Waals surface area (Å²) in [5.41, 5.74) is 7.51. The molecule has 7 rings (SSSR count). The van der Waals surface area contributed by atoms with E-state index in [0.29, 0.717) is 43.5 Å². The molecule has 4 aromatic rings. The molecule has 5 heterocycles. The van der Waals surface area contributed by atoms with Crippen molar-refractivity contribution < 1.29 is 43.7 Å². The number of fused-ring (bicyclic) bond motifs is 6. The molecule has 2 aromatic carbocycles. The monoisotopic (exact) mass is 975 g/mol. The van der Waals surface area contributed by atoms with Crippen molar-refractivity contribution in [2.75, 3.05) is 61.0 Å². The first-order valence-electron chi connectivity index (χ1n) is 24.6. The number of aromatic nitrogens is 2. The molecule has 3 aliphatic rings. The molecule has 71 heavy (non-hydrogen) atoms. The van der Waals surface area contributed by atoms with E-state index in [1.807, 2.05) is 50.3 Å². The SMILES string of the molecule is CCn1c(-c2cnccc2[C@H](C)OC)c2c3cc(ccc31)-c1cc(O)cc(c1)C[C@H](NC(=O)[C@H](C(C)C)N(C)C(=O)C1(O)CCN(C(=O)C#CCN(C)C)C1)C(=O)N1CCC[C@H](N1)C(=O)OCC(C)(C)C2. The van der Waals surface area contributed by atoms with Gasteiger partial charge in [-0.3, -0.25) is 38.9 Å². The molecule has 0 saturated carbocycles. The number of aromatic hydroxyl groups is 1. The number of likely N-dealkylation sites (N-methyl/N-ethyl adjacent to an activating group) is 1. The number of cyclic esters (lactones) is 1. The predicted octanol–water partition coefficient (Wildman–Crippen LogP) is 4.46. The topological polar surface area (TPSA) is 199 Å². The van der Waals surface area contributed by atoms with Crippen LogP contribution in [0.4, 0.5) is 0 Å². The number of hydrazine groups is 1. The highest BCUT2D eigenvalue weighted by atomic mass is 16.5. The summed E-state index contributed by atoms with van der Waals surface area (Å²) in [6.07, 6.45) is 4.69. The Balaban J connectivity index is 1.27. The number of pyridine rings is 1. The van der Waals surface area contributed by atoms with Crippen LogP contribution in [-0.4, -0.2) is 154 Å². The molecule has 2 aromatic heterocycles.